The van der Waals surface area contributed by atoms with Crippen LogP contribution in [0.4, 0.5) is 0 Å². The largest absolute Gasteiger partial charge is 0.461 e. The highest BCUT2D eigenvalue weighted by Crippen LogP contribution is 2.14. The third kappa shape index (κ3) is 3.60. The summed E-state index contributed by atoms with van der Waals surface area (Å²) in [5.74, 6) is -0.408. The standard InChI is InChI=1S/C18H15ClN2O2/c1-2-23-18(22)16-12-21-11-14(7-10-17(21)20-16)4-3-13-5-8-15(19)9-6-13/h3-12H,2H2,1H3. The molecule has 0 saturated heterocycles. The summed E-state index contributed by atoms with van der Waals surface area (Å²) < 4.78 is 6.78. The van der Waals surface area contributed by atoms with Gasteiger partial charge in [-0.1, -0.05) is 35.9 Å². The molecule has 0 radical (unpaired) electrons. The fourth-order valence-electron chi connectivity index (χ4n) is 2.18. The molecule has 0 atom stereocenters. The predicted octanol–water partition coefficient (Wildman–Crippen LogP) is 4.33. The van der Waals surface area contributed by atoms with E-state index in [1.54, 1.807) is 13.1 Å². The van der Waals surface area contributed by atoms with Crippen LogP contribution in [0.25, 0.3) is 17.8 Å². The van der Waals surface area contributed by atoms with Crippen LogP contribution in [0.15, 0.2) is 48.8 Å². The maximum absolute atomic E-state index is 11.7. The number of esters is 1. The summed E-state index contributed by atoms with van der Waals surface area (Å²) in [6.45, 7) is 2.11. The number of carbonyl (C=O) groups is 1. The third-order valence-corrected chi connectivity index (χ3v) is 3.55. The Bertz CT molecular complexity index is 866. The average molecular weight is 327 g/mol. The molecule has 0 amide bonds. The molecule has 0 fully saturated rings. The normalized spacial score (nSPS) is 11.2. The first-order chi connectivity index (χ1) is 11.2. The SMILES string of the molecule is CCOC(=O)c1cn2cc(C=Cc3ccc(Cl)cc3)ccc2n1. The van der Waals surface area contributed by atoms with E-state index in [4.69, 9.17) is 16.3 Å². The smallest absolute Gasteiger partial charge is 0.358 e. The maximum atomic E-state index is 11.7. The monoisotopic (exact) mass is 326 g/mol. The molecule has 0 bridgehead atoms. The molecule has 1 aromatic carbocycles. The van der Waals surface area contributed by atoms with Gasteiger partial charge in [0.1, 0.15) is 5.65 Å². The van der Waals surface area contributed by atoms with Gasteiger partial charge in [0.25, 0.3) is 0 Å². The zero-order valence-electron chi connectivity index (χ0n) is 12.6. The van der Waals surface area contributed by atoms with Crippen molar-refractivity contribution in [2.45, 2.75) is 6.92 Å². The second-order valence-electron chi connectivity index (χ2n) is 4.96. The van der Waals surface area contributed by atoms with Crippen LogP contribution in [0.1, 0.15) is 28.5 Å². The van der Waals surface area contributed by atoms with Crippen molar-refractivity contribution in [1.82, 2.24) is 9.38 Å². The zero-order valence-corrected chi connectivity index (χ0v) is 13.3. The summed E-state index contributed by atoms with van der Waals surface area (Å²) in [4.78, 5) is 16.0. The second kappa shape index (κ2) is 6.67. The summed E-state index contributed by atoms with van der Waals surface area (Å²) in [7, 11) is 0. The molecule has 3 aromatic rings. The van der Waals surface area contributed by atoms with Crippen molar-refractivity contribution >= 4 is 35.4 Å². The molecule has 4 nitrogen and oxygen atoms in total. The lowest BCUT2D eigenvalue weighted by Gasteiger charge is -1.97. The summed E-state index contributed by atoms with van der Waals surface area (Å²) in [6.07, 6.45) is 7.58. The fraction of sp³-hybridized carbons (Fsp3) is 0.111. The van der Waals surface area contributed by atoms with Crippen LogP contribution >= 0.6 is 11.6 Å². The summed E-state index contributed by atoms with van der Waals surface area (Å²) >= 11 is 5.87. The van der Waals surface area contributed by atoms with Crippen molar-refractivity contribution in [3.8, 4) is 0 Å². The quantitative estimate of drug-likeness (QED) is 0.670. The van der Waals surface area contributed by atoms with Gasteiger partial charge in [-0.25, -0.2) is 9.78 Å². The third-order valence-electron chi connectivity index (χ3n) is 3.30. The van der Waals surface area contributed by atoms with Crippen molar-refractivity contribution in [2.75, 3.05) is 6.61 Å². The Morgan fingerprint density at radius 3 is 2.57 bits per heavy atom. The lowest BCUT2D eigenvalue weighted by molar-refractivity contribution is 0.0520. The lowest BCUT2D eigenvalue weighted by atomic mass is 10.2. The van der Waals surface area contributed by atoms with E-state index < -0.39 is 5.97 Å². The van der Waals surface area contributed by atoms with Gasteiger partial charge in [0.15, 0.2) is 5.69 Å². The number of hydrogen-bond acceptors (Lipinski definition) is 3. The van der Waals surface area contributed by atoms with Crippen LogP contribution in [0.2, 0.25) is 5.02 Å². The molecule has 23 heavy (non-hydrogen) atoms. The lowest BCUT2D eigenvalue weighted by Crippen LogP contribution is -2.04. The summed E-state index contributed by atoms with van der Waals surface area (Å²) in [6, 6.07) is 11.4. The van der Waals surface area contributed by atoms with Crippen LogP contribution < -0.4 is 0 Å². The van der Waals surface area contributed by atoms with E-state index in [0.717, 1.165) is 11.1 Å². The van der Waals surface area contributed by atoms with Crippen molar-refractivity contribution in [1.29, 1.82) is 0 Å². The van der Waals surface area contributed by atoms with Gasteiger partial charge in [0, 0.05) is 17.4 Å². The highest BCUT2D eigenvalue weighted by atomic mass is 35.5. The topological polar surface area (TPSA) is 43.6 Å². The Balaban J connectivity index is 1.84. The number of benzene rings is 1. The zero-order chi connectivity index (χ0) is 16.2. The number of nitrogens with zero attached hydrogens (tertiary/aromatic N) is 2. The first kappa shape index (κ1) is 15.3. The van der Waals surface area contributed by atoms with Crippen LogP contribution in [-0.2, 0) is 4.74 Å². The van der Waals surface area contributed by atoms with E-state index in [0.29, 0.717) is 23.0 Å². The number of hydrogen-bond donors (Lipinski definition) is 0. The Labute approximate surface area is 139 Å². The minimum Gasteiger partial charge on any atom is -0.461 e. The predicted molar refractivity (Wildman–Crippen MR) is 91.5 cm³/mol. The number of fused-ring (bicyclic) bond motifs is 1. The minimum atomic E-state index is -0.408. The van der Waals surface area contributed by atoms with Crippen molar-refractivity contribution in [3.63, 3.8) is 0 Å². The van der Waals surface area contributed by atoms with Crippen molar-refractivity contribution in [3.05, 3.63) is 70.6 Å². The number of carbonyl (C=O) groups excluding carboxylic acids is 1. The number of ether oxygens (including phenoxy) is 1. The molecule has 0 spiro atoms. The van der Waals surface area contributed by atoms with Crippen molar-refractivity contribution in [2.24, 2.45) is 0 Å². The van der Waals surface area contributed by atoms with Crippen molar-refractivity contribution < 1.29 is 9.53 Å². The minimum absolute atomic E-state index is 0.311. The van der Waals surface area contributed by atoms with Gasteiger partial charge < -0.3 is 9.14 Å². The maximum Gasteiger partial charge on any atom is 0.358 e. The van der Waals surface area contributed by atoms with E-state index in [-0.39, 0.29) is 0 Å². The molecule has 5 heteroatoms. The van der Waals surface area contributed by atoms with Gasteiger partial charge in [-0.2, -0.15) is 0 Å². The van der Waals surface area contributed by atoms with Crippen LogP contribution in [-0.4, -0.2) is 22.0 Å². The van der Waals surface area contributed by atoms with E-state index >= 15 is 0 Å². The van der Waals surface area contributed by atoms with Gasteiger partial charge in [0.05, 0.1) is 6.61 Å². The molecule has 116 valence electrons. The molecule has 0 aliphatic heterocycles. The number of imidazole rings is 1. The van der Waals surface area contributed by atoms with E-state index in [2.05, 4.69) is 4.98 Å². The van der Waals surface area contributed by atoms with E-state index in [9.17, 15) is 4.79 Å². The Morgan fingerprint density at radius 2 is 1.83 bits per heavy atom. The number of rotatable bonds is 4. The van der Waals surface area contributed by atoms with E-state index in [1.807, 2.05) is 59.1 Å². The Hall–Kier alpha value is -2.59. The number of halogens is 1. The van der Waals surface area contributed by atoms with E-state index in [1.165, 1.54) is 0 Å². The first-order valence-electron chi connectivity index (χ1n) is 7.25. The number of aromatic nitrogens is 2. The van der Waals surface area contributed by atoms with Crippen LogP contribution in [0.5, 0.6) is 0 Å². The molecule has 0 N–H and O–H groups in total. The van der Waals surface area contributed by atoms with Crippen LogP contribution in [0.3, 0.4) is 0 Å². The molecule has 0 aliphatic carbocycles. The highest BCUT2D eigenvalue weighted by molar-refractivity contribution is 6.30. The van der Waals surface area contributed by atoms with Gasteiger partial charge in [-0.15, -0.1) is 0 Å². The number of pyridine rings is 1. The molecule has 2 aromatic heterocycles. The van der Waals surface area contributed by atoms with Gasteiger partial charge in [0.2, 0.25) is 0 Å². The molecule has 3 rings (SSSR count). The fourth-order valence-corrected chi connectivity index (χ4v) is 2.30. The summed E-state index contributed by atoms with van der Waals surface area (Å²) in [5, 5.41) is 0.716. The molecule has 0 saturated carbocycles. The molecule has 2 heterocycles. The van der Waals surface area contributed by atoms with Gasteiger partial charge in [-0.05, 0) is 42.3 Å². The molecular weight excluding hydrogens is 312 g/mol. The second-order valence-corrected chi connectivity index (χ2v) is 5.40. The highest BCUT2D eigenvalue weighted by Gasteiger charge is 2.11. The average Bonchev–Trinajstić information content (AvgIpc) is 2.98. The first-order valence-corrected chi connectivity index (χ1v) is 7.63. The summed E-state index contributed by atoms with van der Waals surface area (Å²) in [5.41, 5.74) is 3.08. The van der Waals surface area contributed by atoms with Gasteiger partial charge in [-0.3, -0.25) is 0 Å². The Morgan fingerprint density at radius 1 is 1.13 bits per heavy atom. The molecule has 0 aliphatic rings. The Kier molecular flexibility index (Phi) is 4.44. The molecule has 0 unspecified atom stereocenters. The molecular formula is C18H15ClN2O2. The van der Waals surface area contributed by atoms with Gasteiger partial charge >= 0.3 is 5.97 Å². The van der Waals surface area contributed by atoms with Crippen LogP contribution in [0, 0.1) is 0 Å².